The van der Waals surface area contributed by atoms with Crippen molar-refractivity contribution in [1.29, 1.82) is 5.26 Å². The molecule has 0 fully saturated rings. The highest BCUT2D eigenvalue weighted by molar-refractivity contribution is 9.10. The molecule has 0 bridgehead atoms. The van der Waals surface area contributed by atoms with Crippen molar-refractivity contribution in [2.24, 2.45) is 0 Å². The average molecular weight is 394 g/mol. The van der Waals surface area contributed by atoms with Gasteiger partial charge in [-0.2, -0.15) is 5.26 Å². The molecule has 2 aromatic carbocycles. The third-order valence-corrected chi connectivity index (χ3v) is 3.80. The number of hydrogen-bond acceptors (Lipinski definition) is 5. The van der Waals surface area contributed by atoms with Crippen LogP contribution in [-0.2, 0) is 0 Å². The second kappa shape index (κ2) is 7.55. The molecule has 2 N–H and O–H groups in total. The molecule has 1 amide bonds. The quantitative estimate of drug-likeness (QED) is 0.695. The molecule has 122 valence electrons. The Balaban J connectivity index is 1.65. The number of halogens is 1. The third kappa shape index (κ3) is 4.40. The van der Waals surface area contributed by atoms with Crippen molar-refractivity contribution < 1.29 is 4.79 Å². The Morgan fingerprint density at radius 1 is 0.960 bits per heavy atom. The van der Waals surface area contributed by atoms with Gasteiger partial charge in [0.15, 0.2) is 0 Å². The lowest BCUT2D eigenvalue weighted by molar-refractivity contribution is 0.102. The lowest BCUT2D eigenvalue weighted by Gasteiger charge is -2.07. The molecule has 25 heavy (non-hydrogen) atoms. The van der Waals surface area contributed by atoms with Crippen LogP contribution in [0.3, 0.4) is 0 Å². The van der Waals surface area contributed by atoms with Crippen LogP contribution in [-0.4, -0.2) is 15.9 Å². The van der Waals surface area contributed by atoms with Crippen LogP contribution in [0.4, 0.5) is 17.2 Å². The van der Waals surface area contributed by atoms with E-state index in [1.807, 2.05) is 30.3 Å². The van der Waals surface area contributed by atoms with Crippen LogP contribution >= 0.6 is 15.9 Å². The summed E-state index contributed by atoms with van der Waals surface area (Å²) in [6, 6.07) is 16.2. The van der Waals surface area contributed by atoms with Crippen molar-refractivity contribution in [1.82, 2.24) is 9.97 Å². The van der Waals surface area contributed by atoms with Crippen LogP contribution in [0.2, 0.25) is 0 Å². The summed E-state index contributed by atoms with van der Waals surface area (Å²) < 4.78 is 0.985. The van der Waals surface area contributed by atoms with Gasteiger partial charge in [-0.1, -0.05) is 15.9 Å². The largest absolute Gasteiger partial charge is 0.339 e. The van der Waals surface area contributed by atoms with E-state index >= 15 is 0 Å². The summed E-state index contributed by atoms with van der Waals surface area (Å²) in [6.07, 6.45) is 2.90. The fourth-order valence-electron chi connectivity index (χ4n) is 2.01. The van der Waals surface area contributed by atoms with E-state index < -0.39 is 0 Å². The number of nitriles is 1. The number of amides is 1. The lowest BCUT2D eigenvalue weighted by Crippen LogP contribution is -2.14. The molecule has 1 aromatic heterocycles. The van der Waals surface area contributed by atoms with E-state index in [9.17, 15) is 4.79 Å². The van der Waals surface area contributed by atoms with Gasteiger partial charge in [-0.3, -0.25) is 4.79 Å². The number of nitrogens with zero attached hydrogens (tertiary/aromatic N) is 3. The summed E-state index contributed by atoms with van der Waals surface area (Å²) in [5.74, 6) is 0.171. The number of carbonyl (C=O) groups is 1. The molecule has 7 heteroatoms. The Morgan fingerprint density at radius 2 is 1.64 bits per heavy atom. The van der Waals surface area contributed by atoms with Crippen molar-refractivity contribution in [3.05, 3.63) is 76.7 Å². The Morgan fingerprint density at radius 3 is 2.24 bits per heavy atom. The van der Waals surface area contributed by atoms with Crippen LogP contribution in [0, 0.1) is 11.3 Å². The fraction of sp³-hybridized carbons (Fsp3) is 0. The maximum absolute atomic E-state index is 12.2. The minimum atomic E-state index is -0.368. The van der Waals surface area contributed by atoms with Gasteiger partial charge < -0.3 is 10.6 Å². The molecular formula is C18H12BrN5O. The van der Waals surface area contributed by atoms with Gasteiger partial charge in [0.25, 0.3) is 5.91 Å². The summed E-state index contributed by atoms with van der Waals surface area (Å²) in [7, 11) is 0. The highest BCUT2D eigenvalue weighted by Crippen LogP contribution is 2.17. The average Bonchev–Trinajstić information content (AvgIpc) is 2.65. The Hall–Kier alpha value is -3.24. The standard InChI is InChI=1S/C18H12BrN5O/c19-13-3-7-14(8-4-13)23-17-11-21-16(10-22-17)18(25)24-15-5-1-12(9-20)2-6-15/h1-8,10-11H,(H,22,23)(H,24,25). The van der Waals surface area contributed by atoms with Gasteiger partial charge in [0.1, 0.15) is 11.5 Å². The van der Waals surface area contributed by atoms with Crippen molar-refractivity contribution in [3.8, 4) is 6.07 Å². The maximum atomic E-state index is 12.2. The summed E-state index contributed by atoms with van der Waals surface area (Å²) >= 11 is 3.38. The molecule has 0 saturated carbocycles. The molecule has 0 spiro atoms. The first-order valence-corrected chi connectivity index (χ1v) is 8.09. The number of rotatable bonds is 4. The Bertz CT molecular complexity index is 916. The predicted octanol–water partition coefficient (Wildman–Crippen LogP) is 4.11. The van der Waals surface area contributed by atoms with Gasteiger partial charge in [-0.25, -0.2) is 9.97 Å². The van der Waals surface area contributed by atoms with Gasteiger partial charge >= 0.3 is 0 Å². The molecule has 0 unspecified atom stereocenters. The molecule has 6 nitrogen and oxygen atoms in total. The molecular weight excluding hydrogens is 382 g/mol. The molecule has 0 aliphatic heterocycles. The second-order valence-electron chi connectivity index (χ2n) is 5.06. The van der Waals surface area contributed by atoms with Crippen LogP contribution in [0.15, 0.2) is 65.4 Å². The zero-order chi connectivity index (χ0) is 17.6. The number of nitrogens with one attached hydrogen (secondary N) is 2. The first kappa shape index (κ1) is 16.6. The van der Waals surface area contributed by atoms with Gasteiger partial charge in [0.05, 0.1) is 24.0 Å². The molecule has 0 radical (unpaired) electrons. The predicted molar refractivity (Wildman–Crippen MR) is 98.6 cm³/mol. The summed E-state index contributed by atoms with van der Waals surface area (Å²) in [6.45, 7) is 0. The number of anilines is 3. The van der Waals surface area contributed by atoms with E-state index in [4.69, 9.17) is 5.26 Å². The van der Waals surface area contributed by atoms with E-state index in [-0.39, 0.29) is 11.6 Å². The second-order valence-corrected chi connectivity index (χ2v) is 5.98. The van der Waals surface area contributed by atoms with E-state index in [1.165, 1.54) is 12.4 Å². The van der Waals surface area contributed by atoms with Gasteiger partial charge in [0.2, 0.25) is 0 Å². The monoisotopic (exact) mass is 393 g/mol. The van der Waals surface area contributed by atoms with E-state index in [0.29, 0.717) is 17.1 Å². The summed E-state index contributed by atoms with van der Waals surface area (Å²) in [5.41, 5.74) is 2.18. The fourth-order valence-corrected chi connectivity index (χ4v) is 2.28. The normalized spacial score (nSPS) is 9.92. The van der Waals surface area contributed by atoms with Gasteiger partial charge in [0, 0.05) is 15.8 Å². The van der Waals surface area contributed by atoms with Gasteiger partial charge in [-0.05, 0) is 48.5 Å². The van der Waals surface area contributed by atoms with Crippen molar-refractivity contribution in [2.75, 3.05) is 10.6 Å². The maximum Gasteiger partial charge on any atom is 0.275 e. The van der Waals surface area contributed by atoms with Crippen LogP contribution in [0.25, 0.3) is 0 Å². The molecule has 0 saturated heterocycles. The minimum Gasteiger partial charge on any atom is -0.339 e. The Kier molecular flexibility index (Phi) is 5.02. The number of hydrogen-bond donors (Lipinski definition) is 2. The van der Waals surface area contributed by atoms with E-state index in [0.717, 1.165) is 10.2 Å². The lowest BCUT2D eigenvalue weighted by atomic mass is 10.2. The van der Waals surface area contributed by atoms with Crippen molar-refractivity contribution >= 4 is 39.0 Å². The number of benzene rings is 2. The third-order valence-electron chi connectivity index (χ3n) is 3.27. The van der Waals surface area contributed by atoms with E-state index in [1.54, 1.807) is 24.3 Å². The number of carbonyl (C=O) groups excluding carboxylic acids is 1. The molecule has 0 aliphatic carbocycles. The first-order valence-electron chi connectivity index (χ1n) is 7.30. The van der Waals surface area contributed by atoms with Gasteiger partial charge in [-0.15, -0.1) is 0 Å². The SMILES string of the molecule is N#Cc1ccc(NC(=O)c2cnc(Nc3ccc(Br)cc3)cn2)cc1. The Labute approximate surface area is 152 Å². The van der Waals surface area contributed by atoms with Crippen LogP contribution in [0.1, 0.15) is 16.1 Å². The van der Waals surface area contributed by atoms with Crippen molar-refractivity contribution in [3.63, 3.8) is 0 Å². The van der Waals surface area contributed by atoms with Crippen LogP contribution in [0.5, 0.6) is 0 Å². The smallest absolute Gasteiger partial charge is 0.275 e. The molecule has 0 aliphatic rings. The number of aromatic nitrogens is 2. The molecule has 1 heterocycles. The highest BCUT2D eigenvalue weighted by Gasteiger charge is 2.09. The molecule has 0 atom stereocenters. The van der Waals surface area contributed by atoms with E-state index in [2.05, 4.69) is 36.5 Å². The first-order chi connectivity index (χ1) is 12.1. The van der Waals surface area contributed by atoms with Crippen molar-refractivity contribution in [2.45, 2.75) is 0 Å². The minimum absolute atomic E-state index is 0.200. The summed E-state index contributed by atoms with van der Waals surface area (Å²) in [4.78, 5) is 20.5. The molecule has 3 rings (SSSR count). The highest BCUT2D eigenvalue weighted by atomic mass is 79.9. The summed E-state index contributed by atoms with van der Waals surface area (Å²) in [5, 5.41) is 14.6. The topological polar surface area (TPSA) is 90.7 Å². The molecule has 3 aromatic rings. The zero-order valence-corrected chi connectivity index (χ0v) is 14.5. The zero-order valence-electron chi connectivity index (χ0n) is 12.9. The van der Waals surface area contributed by atoms with Crippen LogP contribution < -0.4 is 10.6 Å².